The van der Waals surface area contributed by atoms with Crippen molar-refractivity contribution < 1.29 is 9.84 Å². The molecule has 1 aromatic carbocycles. The van der Waals surface area contributed by atoms with Crippen molar-refractivity contribution in [3.05, 3.63) is 29.3 Å². The summed E-state index contributed by atoms with van der Waals surface area (Å²) < 4.78 is 5.49. The van der Waals surface area contributed by atoms with Crippen LogP contribution in [0.5, 0.6) is 5.75 Å². The van der Waals surface area contributed by atoms with Gasteiger partial charge in [0.05, 0.1) is 13.2 Å². The highest BCUT2D eigenvalue weighted by atomic mass is 16.5. The number of hydrogen-bond donors (Lipinski definition) is 1. The Labute approximate surface area is 121 Å². The molecule has 1 unspecified atom stereocenters. The monoisotopic (exact) mass is 275 g/mol. The first kappa shape index (κ1) is 13.9. The Kier molecular flexibility index (Phi) is 3.99. The van der Waals surface area contributed by atoms with E-state index in [1.54, 1.807) is 7.11 Å². The summed E-state index contributed by atoms with van der Waals surface area (Å²) in [6, 6.07) is 6.82. The molecule has 2 saturated carbocycles. The highest BCUT2D eigenvalue weighted by Crippen LogP contribution is 2.36. The Morgan fingerprint density at radius 3 is 2.60 bits per heavy atom. The van der Waals surface area contributed by atoms with Gasteiger partial charge in [-0.05, 0) is 56.2 Å². The molecule has 1 N–H and O–H groups in total. The molecule has 0 heterocycles. The van der Waals surface area contributed by atoms with Gasteiger partial charge < -0.3 is 9.84 Å². The molecule has 1 aromatic rings. The standard InChI is InChI=1S/C17H25NO2/c1-12(19)14-5-8-17(20-2)15(9-14)11-18(16-6-7-16)10-13-3-4-13/h5,8-9,12-13,16,19H,3-4,6-7,10-11H2,1-2H3. The highest BCUT2D eigenvalue weighted by molar-refractivity contribution is 5.38. The number of nitrogens with zero attached hydrogens (tertiary/aromatic N) is 1. The summed E-state index contributed by atoms with van der Waals surface area (Å²) >= 11 is 0. The third-order valence-electron chi connectivity index (χ3n) is 4.41. The second kappa shape index (κ2) is 5.74. The van der Waals surface area contributed by atoms with Crippen LogP contribution < -0.4 is 4.74 Å². The Balaban J connectivity index is 1.77. The number of aliphatic hydroxyl groups is 1. The van der Waals surface area contributed by atoms with Gasteiger partial charge in [-0.2, -0.15) is 0 Å². The van der Waals surface area contributed by atoms with Crippen LogP contribution in [0, 0.1) is 5.92 Å². The van der Waals surface area contributed by atoms with Gasteiger partial charge in [0.2, 0.25) is 0 Å². The molecule has 0 bridgehead atoms. The number of methoxy groups -OCH3 is 1. The summed E-state index contributed by atoms with van der Waals surface area (Å²) in [5, 5.41) is 9.77. The summed E-state index contributed by atoms with van der Waals surface area (Å²) in [7, 11) is 1.73. The predicted octanol–water partition coefficient (Wildman–Crippen LogP) is 3.12. The summed E-state index contributed by atoms with van der Waals surface area (Å²) in [6.07, 6.45) is 5.05. The van der Waals surface area contributed by atoms with Crippen molar-refractivity contribution in [3.63, 3.8) is 0 Å². The molecular weight excluding hydrogens is 250 g/mol. The van der Waals surface area contributed by atoms with Gasteiger partial charge in [0.1, 0.15) is 5.75 Å². The zero-order valence-electron chi connectivity index (χ0n) is 12.5. The Morgan fingerprint density at radius 2 is 2.05 bits per heavy atom. The second-order valence-corrected chi connectivity index (χ2v) is 6.35. The molecule has 2 fully saturated rings. The molecule has 3 heteroatoms. The highest BCUT2D eigenvalue weighted by Gasteiger charge is 2.33. The first-order valence-electron chi connectivity index (χ1n) is 7.76. The van der Waals surface area contributed by atoms with Gasteiger partial charge in [-0.3, -0.25) is 4.90 Å². The van der Waals surface area contributed by atoms with Gasteiger partial charge >= 0.3 is 0 Å². The molecule has 0 aliphatic heterocycles. The van der Waals surface area contributed by atoms with E-state index in [0.717, 1.165) is 29.8 Å². The van der Waals surface area contributed by atoms with Gasteiger partial charge in [0, 0.05) is 24.7 Å². The lowest BCUT2D eigenvalue weighted by Gasteiger charge is -2.23. The zero-order valence-corrected chi connectivity index (χ0v) is 12.5. The van der Waals surface area contributed by atoms with Crippen LogP contribution in [0.1, 0.15) is 49.8 Å². The van der Waals surface area contributed by atoms with Gasteiger partial charge in [0.15, 0.2) is 0 Å². The van der Waals surface area contributed by atoms with Gasteiger partial charge in [0.25, 0.3) is 0 Å². The third kappa shape index (κ3) is 3.33. The molecule has 20 heavy (non-hydrogen) atoms. The van der Waals surface area contributed by atoms with Crippen LogP contribution in [-0.2, 0) is 6.54 Å². The first-order valence-corrected chi connectivity index (χ1v) is 7.76. The summed E-state index contributed by atoms with van der Waals surface area (Å²) in [4.78, 5) is 2.61. The summed E-state index contributed by atoms with van der Waals surface area (Å²) in [5.41, 5.74) is 2.18. The number of rotatable bonds is 7. The van der Waals surface area contributed by atoms with Crippen molar-refractivity contribution in [3.8, 4) is 5.75 Å². The molecule has 0 radical (unpaired) electrons. The van der Waals surface area contributed by atoms with E-state index in [1.807, 2.05) is 19.1 Å². The molecule has 2 aliphatic rings. The molecule has 0 saturated heterocycles. The van der Waals surface area contributed by atoms with E-state index in [9.17, 15) is 5.11 Å². The van der Waals surface area contributed by atoms with Crippen LogP contribution >= 0.6 is 0 Å². The Hall–Kier alpha value is -1.06. The molecule has 110 valence electrons. The van der Waals surface area contributed by atoms with Crippen molar-refractivity contribution in [1.29, 1.82) is 0 Å². The third-order valence-corrected chi connectivity index (χ3v) is 4.41. The average molecular weight is 275 g/mol. The minimum atomic E-state index is -0.419. The number of benzene rings is 1. The summed E-state index contributed by atoms with van der Waals surface area (Å²) in [5.74, 6) is 1.86. The van der Waals surface area contributed by atoms with Gasteiger partial charge in [-0.25, -0.2) is 0 Å². The fraction of sp³-hybridized carbons (Fsp3) is 0.647. The van der Waals surface area contributed by atoms with Crippen molar-refractivity contribution in [2.45, 2.75) is 51.3 Å². The van der Waals surface area contributed by atoms with Crippen LogP contribution in [0.2, 0.25) is 0 Å². The smallest absolute Gasteiger partial charge is 0.123 e. The number of ether oxygens (including phenoxy) is 1. The SMILES string of the molecule is COc1ccc(C(C)O)cc1CN(CC1CC1)C1CC1. The van der Waals surface area contributed by atoms with Crippen LogP contribution in [0.25, 0.3) is 0 Å². The molecule has 0 amide bonds. The maximum Gasteiger partial charge on any atom is 0.123 e. The average Bonchev–Trinajstić information content (AvgIpc) is 3.30. The van der Waals surface area contributed by atoms with E-state index in [-0.39, 0.29) is 0 Å². The fourth-order valence-corrected chi connectivity index (χ4v) is 2.82. The maximum absolute atomic E-state index is 9.77. The molecule has 2 aliphatic carbocycles. The second-order valence-electron chi connectivity index (χ2n) is 6.35. The van der Waals surface area contributed by atoms with E-state index in [2.05, 4.69) is 11.0 Å². The van der Waals surface area contributed by atoms with Crippen molar-refractivity contribution in [2.75, 3.05) is 13.7 Å². The quantitative estimate of drug-likeness (QED) is 0.830. The van der Waals surface area contributed by atoms with Crippen molar-refractivity contribution in [2.24, 2.45) is 5.92 Å². The Bertz CT molecular complexity index is 464. The zero-order chi connectivity index (χ0) is 14.1. The minimum Gasteiger partial charge on any atom is -0.496 e. The van der Waals surface area contributed by atoms with E-state index >= 15 is 0 Å². The maximum atomic E-state index is 9.77. The van der Waals surface area contributed by atoms with Crippen LogP contribution in [0.15, 0.2) is 18.2 Å². The number of aliphatic hydroxyl groups excluding tert-OH is 1. The van der Waals surface area contributed by atoms with Crippen LogP contribution in [0.4, 0.5) is 0 Å². The molecule has 3 rings (SSSR count). The van der Waals surface area contributed by atoms with Crippen LogP contribution in [-0.4, -0.2) is 29.7 Å². The normalized spacial score (nSPS) is 20.2. The van der Waals surface area contributed by atoms with Gasteiger partial charge in [-0.1, -0.05) is 6.07 Å². The lowest BCUT2D eigenvalue weighted by molar-refractivity contribution is 0.198. The summed E-state index contributed by atoms with van der Waals surface area (Å²) in [6.45, 7) is 3.99. The van der Waals surface area contributed by atoms with E-state index in [1.165, 1.54) is 37.8 Å². The predicted molar refractivity (Wildman–Crippen MR) is 79.8 cm³/mol. The molecule has 0 aromatic heterocycles. The lowest BCUT2D eigenvalue weighted by atomic mass is 10.1. The molecular formula is C17H25NO2. The fourth-order valence-electron chi connectivity index (χ4n) is 2.82. The topological polar surface area (TPSA) is 32.7 Å². The van der Waals surface area contributed by atoms with Crippen molar-refractivity contribution >= 4 is 0 Å². The van der Waals surface area contributed by atoms with Crippen molar-refractivity contribution in [1.82, 2.24) is 4.90 Å². The molecule has 0 spiro atoms. The molecule has 1 atom stereocenters. The Morgan fingerprint density at radius 1 is 1.30 bits per heavy atom. The van der Waals surface area contributed by atoms with Gasteiger partial charge in [-0.15, -0.1) is 0 Å². The minimum absolute atomic E-state index is 0.419. The van der Waals surface area contributed by atoms with Crippen LogP contribution in [0.3, 0.4) is 0 Å². The van der Waals surface area contributed by atoms with E-state index in [0.29, 0.717) is 0 Å². The number of hydrogen-bond acceptors (Lipinski definition) is 3. The van der Waals surface area contributed by atoms with E-state index in [4.69, 9.17) is 4.74 Å². The first-order chi connectivity index (χ1) is 9.67. The van der Waals surface area contributed by atoms with E-state index < -0.39 is 6.10 Å². The molecule has 3 nitrogen and oxygen atoms in total. The largest absolute Gasteiger partial charge is 0.496 e. The lowest BCUT2D eigenvalue weighted by Crippen LogP contribution is -2.28.